The van der Waals surface area contributed by atoms with Crippen LogP contribution in [0.4, 0.5) is 0 Å². The van der Waals surface area contributed by atoms with Crippen LogP contribution in [-0.2, 0) is 7.05 Å². The number of fused-ring (bicyclic) bond motifs is 1. The van der Waals surface area contributed by atoms with Crippen molar-refractivity contribution in [3.63, 3.8) is 0 Å². The first-order valence-corrected chi connectivity index (χ1v) is 15.6. The first kappa shape index (κ1) is 24.2. The second kappa shape index (κ2) is 9.02. The van der Waals surface area contributed by atoms with Gasteiger partial charge in [0.25, 0.3) is 0 Å². The van der Waals surface area contributed by atoms with Crippen LogP contribution in [0, 0.1) is 13.8 Å². The summed E-state index contributed by atoms with van der Waals surface area (Å²) in [7, 11) is 0.612. The molecule has 2 heteroatoms. The zero-order valence-corrected chi connectivity index (χ0v) is 23.3. The number of pyridine rings is 1. The van der Waals surface area contributed by atoms with Gasteiger partial charge in [-0.2, -0.15) is 0 Å². The third-order valence-electron chi connectivity index (χ3n) is 9.10. The molecule has 3 aromatic rings. The summed E-state index contributed by atoms with van der Waals surface area (Å²) >= 11 is 0. The third kappa shape index (κ3) is 4.09. The second-order valence-electron chi connectivity index (χ2n) is 11.6. The first-order chi connectivity index (χ1) is 15.6. The lowest BCUT2D eigenvalue weighted by Gasteiger charge is -2.42. The fourth-order valence-electron chi connectivity index (χ4n) is 6.79. The molecule has 1 aromatic heterocycles. The Balaban J connectivity index is 1.93. The van der Waals surface area contributed by atoms with Gasteiger partial charge in [0.1, 0.15) is 7.05 Å². The Labute approximate surface area is 203 Å². The molecule has 1 fully saturated rings. The number of hydrogen-bond acceptors (Lipinski definition) is 0. The van der Waals surface area contributed by atoms with Crippen molar-refractivity contribution in [3.05, 3.63) is 59.3 Å². The van der Waals surface area contributed by atoms with E-state index in [0.29, 0.717) is 5.04 Å². The van der Waals surface area contributed by atoms with Gasteiger partial charge in [-0.05, 0) is 71.9 Å². The Morgan fingerprint density at radius 1 is 0.939 bits per heavy atom. The molecule has 0 amide bonds. The zero-order valence-electron chi connectivity index (χ0n) is 22.3. The largest absolute Gasteiger partial charge is 0.220 e. The third-order valence-corrected chi connectivity index (χ3v) is 15.8. The van der Waals surface area contributed by atoms with Gasteiger partial charge in [-0.3, -0.25) is 0 Å². The summed E-state index contributed by atoms with van der Waals surface area (Å²) in [6.07, 6.45) is 7.73. The summed E-state index contributed by atoms with van der Waals surface area (Å²) in [6.45, 7) is 16.8. The second-order valence-corrected chi connectivity index (χ2v) is 17.3. The van der Waals surface area contributed by atoms with E-state index in [2.05, 4.69) is 103 Å². The van der Waals surface area contributed by atoms with Gasteiger partial charge in [-0.1, -0.05) is 82.9 Å². The maximum absolute atomic E-state index is 2.55. The minimum Gasteiger partial charge on any atom is -0.200 e. The van der Waals surface area contributed by atoms with Crippen LogP contribution in [0.3, 0.4) is 0 Å². The molecule has 2 aromatic carbocycles. The van der Waals surface area contributed by atoms with E-state index in [9.17, 15) is 0 Å². The minimum atomic E-state index is -1.60. The smallest absolute Gasteiger partial charge is 0.200 e. The summed E-state index contributed by atoms with van der Waals surface area (Å²) < 4.78 is 2.34. The highest BCUT2D eigenvalue weighted by Gasteiger charge is 2.42. The van der Waals surface area contributed by atoms with Gasteiger partial charge in [-0.15, -0.1) is 0 Å². The van der Waals surface area contributed by atoms with Crippen LogP contribution in [-0.4, -0.2) is 8.07 Å². The van der Waals surface area contributed by atoms with E-state index in [0.717, 1.165) is 5.92 Å². The molecule has 0 spiro atoms. The van der Waals surface area contributed by atoms with Crippen LogP contribution in [0.25, 0.3) is 22.0 Å². The van der Waals surface area contributed by atoms with Crippen molar-refractivity contribution in [1.82, 2.24) is 0 Å². The van der Waals surface area contributed by atoms with Gasteiger partial charge >= 0.3 is 0 Å². The van der Waals surface area contributed by atoms with Gasteiger partial charge in [-0.25, -0.2) is 4.57 Å². The molecule has 1 aliphatic rings. The molecular formula is C31H44NSi+. The van der Waals surface area contributed by atoms with Gasteiger partial charge in [0.05, 0.1) is 19.0 Å². The maximum Gasteiger partial charge on any atom is 0.220 e. The SMILES string of the molecule is CC[Si](CC)(c1ccc2c(-c3cc(C4CCCC4)cc(C)c3C)[n+](C)ccc2c1)C(C)(C)C. The highest BCUT2D eigenvalue weighted by molar-refractivity contribution is 6.94. The number of aryl methyl sites for hydroxylation is 2. The lowest BCUT2D eigenvalue weighted by atomic mass is 9.89. The van der Waals surface area contributed by atoms with E-state index in [4.69, 9.17) is 0 Å². The molecule has 1 heterocycles. The quantitative estimate of drug-likeness (QED) is 0.268. The molecule has 176 valence electrons. The molecule has 33 heavy (non-hydrogen) atoms. The van der Waals surface area contributed by atoms with Crippen molar-refractivity contribution >= 4 is 24.0 Å². The summed E-state index contributed by atoms with van der Waals surface area (Å²) in [5, 5.41) is 4.76. The number of hydrogen-bond donors (Lipinski definition) is 0. The van der Waals surface area contributed by atoms with Crippen molar-refractivity contribution in [1.29, 1.82) is 0 Å². The number of benzene rings is 2. The van der Waals surface area contributed by atoms with Crippen LogP contribution in [0.1, 0.15) is 82.9 Å². The fourth-order valence-corrected chi connectivity index (χ4v) is 11.9. The molecular weight excluding hydrogens is 414 g/mol. The van der Waals surface area contributed by atoms with E-state index in [1.165, 1.54) is 70.9 Å². The van der Waals surface area contributed by atoms with E-state index in [1.807, 2.05) is 0 Å². The standard InChI is InChI=1S/C31H44NSi/c1-9-33(10-2,31(5,6)7)27-15-16-28-25(20-27)17-18-32(8)30(28)29-21-26(19-22(3)23(29)4)24-13-11-12-14-24/h15-21,24H,9-14H2,1-8H3/q+1. The molecule has 1 aliphatic carbocycles. The summed E-state index contributed by atoms with van der Waals surface area (Å²) in [6, 6.07) is 17.4. The Morgan fingerprint density at radius 3 is 2.21 bits per heavy atom. The maximum atomic E-state index is 2.55. The van der Waals surface area contributed by atoms with Gasteiger partial charge in [0.15, 0.2) is 6.20 Å². The summed E-state index contributed by atoms with van der Waals surface area (Å²) in [5.74, 6) is 0.738. The Kier molecular flexibility index (Phi) is 6.62. The van der Waals surface area contributed by atoms with Crippen LogP contribution >= 0.6 is 0 Å². The molecule has 0 bridgehead atoms. The number of nitrogens with zero attached hydrogens (tertiary/aromatic N) is 1. The molecule has 0 saturated heterocycles. The van der Waals surface area contributed by atoms with Crippen molar-refractivity contribution in [2.45, 2.75) is 97.2 Å². The monoisotopic (exact) mass is 458 g/mol. The fraction of sp³-hybridized carbons (Fsp3) is 0.516. The Bertz CT molecular complexity index is 1160. The van der Waals surface area contributed by atoms with Crippen molar-refractivity contribution in [2.24, 2.45) is 7.05 Å². The van der Waals surface area contributed by atoms with Crippen LogP contribution < -0.4 is 9.75 Å². The minimum absolute atomic E-state index is 0.357. The van der Waals surface area contributed by atoms with Gasteiger partial charge < -0.3 is 0 Å². The predicted molar refractivity (Wildman–Crippen MR) is 147 cm³/mol. The van der Waals surface area contributed by atoms with E-state index < -0.39 is 8.07 Å². The predicted octanol–water partition coefficient (Wildman–Crippen LogP) is 8.10. The lowest BCUT2D eigenvalue weighted by molar-refractivity contribution is -0.659. The van der Waals surface area contributed by atoms with Crippen LogP contribution in [0.15, 0.2) is 42.6 Å². The lowest BCUT2D eigenvalue weighted by Crippen LogP contribution is -2.53. The average Bonchev–Trinajstić information content (AvgIpc) is 3.31. The molecule has 0 atom stereocenters. The normalized spacial score (nSPS) is 15.5. The molecule has 0 N–H and O–H groups in total. The molecule has 0 unspecified atom stereocenters. The van der Waals surface area contributed by atoms with Gasteiger partial charge in [0.2, 0.25) is 5.69 Å². The molecule has 0 aliphatic heterocycles. The zero-order chi connectivity index (χ0) is 24.0. The molecule has 4 rings (SSSR count). The topological polar surface area (TPSA) is 3.88 Å². The Hall–Kier alpha value is -1.93. The summed E-state index contributed by atoms with van der Waals surface area (Å²) in [5.41, 5.74) is 7.19. The highest BCUT2D eigenvalue weighted by atomic mass is 28.3. The number of rotatable bonds is 5. The van der Waals surface area contributed by atoms with Crippen molar-refractivity contribution < 1.29 is 4.57 Å². The first-order valence-electron chi connectivity index (χ1n) is 13.2. The number of aromatic nitrogens is 1. The molecule has 0 radical (unpaired) electrons. The molecule has 1 nitrogen and oxygen atoms in total. The van der Waals surface area contributed by atoms with Crippen LogP contribution in [0.5, 0.6) is 0 Å². The van der Waals surface area contributed by atoms with E-state index in [-0.39, 0.29) is 0 Å². The highest BCUT2D eigenvalue weighted by Crippen LogP contribution is 2.42. The molecule has 1 saturated carbocycles. The van der Waals surface area contributed by atoms with E-state index >= 15 is 0 Å². The van der Waals surface area contributed by atoms with Crippen LogP contribution in [0.2, 0.25) is 17.1 Å². The van der Waals surface area contributed by atoms with E-state index in [1.54, 1.807) is 10.8 Å². The van der Waals surface area contributed by atoms with Crippen molar-refractivity contribution in [2.75, 3.05) is 0 Å². The Morgan fingerprint density at radius 2 is 1.61 bits per heavy atom. The summed E-state index contributed by atoms with van der Waals surface area (Å²) in [4.78, 5) is 0. The van der Waals surface area contributed by atoms with Crippen molar-refractivity contribution in [3.8, 4) is 11.3 Å². The average molecular weight is 459 g/mol. The van der Waals surface area contributed by atoms with Gasteiger partial charge in [0, 0.05) is 6.07 Å².